The molecular formula is C16H17NO3S. The van der Waals surface area contributed by atoms with Crippen molar-refractivity contribution in [3.8, 4) is 0 Å². The van der Waals surface area contributed by atoms with Gasteiger partial charge in [-0.1, -0.05) is 36.4 Å². The molecule has 110 valence electrons. The van der Waals surface area contributed by atoms with Crippen LogP contribution in [0.3, 0.4) is 0 Å². The van der Waals surface area contributed by atoms with Gasteiger partial charge in [0.2, 0.25) is 0 Å². The van der Waals surface area contributed by atoms with Gasteiger partial charge in [0.15, 0.2) is 15.7 Å². The third-order valence-corrected chi connectivity index (χ3v) is 4.69. The van der Waals surface area contributed by atoms with Gasteiger partial charge in [0.05, 0.1) is 23.4 Å². The highest BCUT2D eigenvalue weighted by Crippen LogP contribution is 2.24. The number of nitrogens with zero attached hydrogens (tertiary/aromatic N) is 1. The van der Waals surface area contributed by atoms with Crippen molar-refractivity contribution < 1.29 is 13.2 Å². The van der Waals surface area contributed by atoms with E-state index in [1.807, 2.05) is 6.07 Å². The second-order valence-corrected chi connectivity index (χ2v) is 6.53. The molecule has 0 radical (unpaired) electrons. The highest BCUT2D eigenvalue weighted by atomic mass is 32.2. The van der Waals surface area contributed by atoms with Crippen molar-refractivity contribution in [1.29, 1.82) is 0 Å². The first-order chi connectivity index (χ1) is 10.0. The van der Waals surface area contributed by atoms with Crippen LogP contribution in [0.2, 0.25) is 0 Å². The zero-order valence-electron chi connectivity index (χ0n) is 12.0. The molecule has 21 heavy (non-hydrogen) atoms. The highest BCUT2D eigenvalue weighted by molar-refractivity contribution is 7.90. The van der Waals surface area contributed by atoms with Crippen LogP contribution in [0.5, 0.6) is 0 Å². The average molecular weight is 303 g/mol. The second kappa shape index (κ2) is 6.54. The maximum atomic E-state index is 12.4. The Morgan fingerprint density at radius 2 is 1.67 bits per heavy atom. The van der Waals surface area contributed by atoms with Gasteiger partial charge in [0, 0.05) is 6.92 Å². The van der Waals surface area contributed by atoms with Gasteiger partial charge in [0.25, 0.3) is 0 Å². The lowest BCUT2D eigenvalue weighted by Gasteiger charge is -2.08. The van der Waals surface area contributed by atoms with E-state index in [1.165, 1.54) is 7.11 Å². The molecule has 2 aromatic carbocycles. The third kappa shape index (κ3) is 3.92. The Bertz CT molecular complexity index is 737. The van der Waals surface area contributed by atoms with Crippen LogP contribution >= 0.6 is 0 Å². The summed E-state index contributed by atoms with van der Waals surface area (Å²) >= 11 is 0. The van der Waals surface area contributed by atoms with Crippen LogP contribution in [0.1, 0.15) is 12.5 Å². The normalized spacial score (nSPS) is 12.2. The Morgan fingerprint density at radius 1 is 1.05 bits per heavy atom. The Labute approximate surface area is 125 Å². The summed E-state index contributed by atoms with van der Waals surface area (Å²) in [5.74, 6) is 0.396. The van der Waals surface area contributed by atoms with Crippen molar-refractivity contribution in [1.82, 2.24) is 0 Å². The lowest BCUT2D eigenvalue weighted by molar-refractivity contribution is 0.400. The van der Waals surface area contributed by atoms with Gasteiger partial charge in [0.1, 0.15) is 0 Å². The van der Waals surface area contributed by atoms with Crippen molar-refractivity contribution >= 4 is 21.4 Å². The van der Waals surface area contributed by atoms with E-state index in [-0.39, 0.29) is 5.75 Å². The van der Waals surface area contributed by atoms with Crippen LogP contribution < -0.4 is 0 Å². The number of benzene rings is 2. The molecule has 0 heterocycles. The maximum Gasteiger partial charge on any atom is 0.184 e. The van der Waals surface area contributed by atoms with Gasteiger partial charge < -0.3 is 4.74 Å². The average Bonchev–Trinajstić information content (AvgIpc) is 2.50. The molecule has 4 nitrogen and oxygen atoms in total. The van der Waals surface area contributed by atoms with Crippen molar-refractivity contribution in [2.75, 3.05) is 7.11 Å². The van der Waals surface area contributed by atoms with E-state index in [2.05, 4.69) is 4.99 Å². The van der Waals surface area contributed by atoms with Crippen LogP contribution in [-0.4, -0.2) is 21.4 Å². The van der Waals surface area contributed by atoms with E-state index in [0.717, 1.165) is 0 Å². The number of hydrogen-bond donors (Lipinski definition) is 0. The van der Waals surface area contributed by atoms with Gasteiger partial charge in [-0.15, -0.1) is 0 Å². The summed E-state index contributed by atoms with van der Waals surface area (Å²) in [6, 6.07) is 15.6. The predicted octanol–water partition coefficient (Wildman–Crippen LogP) is 3.36. The number of sulfone groups is 1. The van der Waals surface area contributed by atoms with Crippen LogP contribution in [0.25, 0.3) is 0 Å². The van der Waals surface area contributed by atoms with Gasteiger partial charge in [-0.05, 0) is 23.8 Å². The molecule has 0 unspecified atom stereocenters. The van der Waals surface area contributed by atoms with E-state index in [4.69, 9.17) is 4.74 Å². The topological polar surface area (TPSA) is 55.7 Å². The standard InChI is InChI=1S/C16H17NO3S/c1-13(20-2)17-16-11-7-6-8-14(16)12-21(18,19)15-9-4-3-5-10-15/h3-11H,12H2,1-2H3. The monoisotopic (exact) mass is 303 g/mol. The van der Waals surface area contributed by atoms with E-state index in [1.54, 1.807) is 55.5 Å². The molecule has 0 aromatic heterocycles. The largest absolute Gasteiger partial charge is 0.484 e. The minimum atomic E-state index is -3.39. The molecule has 0 bridgehead atoms. The number of rotatable bonds is 4. The van der Waals surface area contributed by atoms with Crippen LogP contribution in [0.4, 0.5) is 5.69 Å². The molecule has 0 atom stereocenters. The lowest BCUT2D eigenvalue weighted by Crippen LogP contribution is -2.05. The summed E-state index contributed by atoms with van der Waals surface area (Å²) in [4.78, 5) is 4.60. The molecule has 0 N–H and O–H groups in total. The summed E-state index contributed by atoms with van der Waals surface area (Å²) in [5.41, 5.74) is 1.26. The zero-order valence-corrected chi connectivity index (χ0v) is 12.8. The van der Waals surface area contributed by atoms with E-state index < -0.39 is 9.84 Å². The highest BCUT2D eigenvalue weighted by Gasteiger charge is 2.16. The molecule has 0 aliphatic rings. The van der Waals surface area contributed by atoms with Gasteiger partial charge in [-0.3, -0.25) is 0 Å². The van der Waals surface area contributed by atoms with Crippen molar-refractivity contribution in [3.63, 3.8) is 0 Å². The fourth-order valence-electron chi connectivity index (χ4n) is 1.87. The molecule has 2 aromatic rings. The summed E-state index contributed by atoms with van der Waals surface area (Å²) in [6.07, 6.45) is 0. The van der Waals surface area contributed by atoms with Crippen molar-refractivity contribution in [2.24, 2.45) is 4.99 Å². The fourth-order valence-corrected chi connectivity index (χ4v) is 3.27. The Kier molecular flexibility index (Phi) is 4.75. The van der Waals surface area contributed by atoms with Gasteiger partial charge >= 0.3 is 0 Å². The molecule has 0 aliphatic heterocycles. The summed E-state index contributed by atoms with van der Waals surface area (Å²) < 4.78 is 29.9. The Morgan fingerprint density at radius 3 is 2.33 bits per heavy atom. The zero-order chi connectivity index (χ0) is 15.3. The van der Waals surface area contributed by atoms with Crippen molar-refractivity contribution in [3.05, 3.63) is 60.2 Å². The second-order valence-electron chi connectivity index (χ2n) is 4.54. The number of para-hydroxylation sites is 1. The molecule has 2 rings (SSSR count). The molecule has 0 saturated carbocycles. The molecule has 0 saturated heterocycles. The van der Waals surface area contributed by atoms with Crippen molar-refractivity contribution in [2.45, 2.75) is 17.6 Å². The quantitative estimate of drug-likeness (QED) is 0.643. The van der Waals surface area contributed by atoms with E-state index in [0.29, 0.717) is 22.0 Å². The molecule has 0 fully saturated rings. The van der Waals surface area contributed by atoms with E-state index in [9.17, 15) is 8.42 Å². The van der Waals surface area contributed by atoms with Crippen LogP contribution in [0.15, 0.2) is 64.5 Å². The summed E-state index contributed by atoms with van der Waals surface area (Å²) in [7, 11) is -1.86. The summed E-state index contributed by atoms with van der Waals surface area (Å²) in [5, 5.41) is 0. The van der Waals surface area contributed by atoms with Gasteiger partial charge in [-0.2, -0.15) is 0 Å². The third-order valence-electron chi connectivity index (χ3n) is 3.01. The first-order valence-electron chi connectivity index (χ1n) is 6.48. The fraction of sp³-hybridized carbons (Fsp3) is 0.188. The predicted molar refractivity (Wildman–Crippen MR) is 83.6 cm³/mol. The van der Waals surface area contributed by atoms with E-state index >= 15 is 0 Å². The van der Waals surface area contributed by atoms with Crippen LogP contribution in [-0.2, 0) is 20.3 Å². The Hall–Kier alpha value is -2.14. The smallest absolute Gasteiger partial charge is 0.184 e. The molecule has 5 heteroatoms. The first-order valence-corrected chi connectivity index (χ1v) is 8.13. The number of hydrogen-bond acceptors (Lipinski definition) is 4. The first kappa shape index (κ1) is 15.3. The number of methoxy groups -OCH3 is 1. The maximum absolute atomic E-state index is 12.4. The van der Waals surface area contributed by atoms with Gasteiger partial charge in [-0.25, -0.2) is 13.4 Å². The molecule has 0 aliphatic carbocycles. The lowest BCUT2D eigenvalue weighted by atomic mass is 10.2. The molecular weight excluding hydrogens is 286 g/mol. The SMILES string of the molecule is COC(C)=Nc1ccccc1CS(=O)(=O)c1ccccc1. The number of ether oxygens (including phenoxy) is 1. The molecule has 0 amide bonds. The molecule has 0 spiro atoms. The minimum absolute atomic E-state index is 0.0896. The van der Waals surface area contributed by atoms with Crippen LogP contribution in [0, 0.1) is 0 Å². The minimum Gasteiger partial charge on any atom is -0.484 e. The number of aliphatic imine (C=N–C) groups is 1. The summed E-state index contributed by atoms with van der Waals surface area (Å²) in [6.45, 7) is 1.72. The Balaban J connectivity index is 2.37.